The molecule has 0 aliphatic carbocycles. The molecule has 2 amide bonds. The molecule has 132 valence electrons. The molecule has 4 heterocycles. The highest BCUT2D eigenvalue weighted by molar-refractivity contribution is 5.92. The number of hydrogen-bond donors (Lipinski definition) is 1. The molecular weight excluding hydrogens is 310 g/mol. The van der Waals surface area contributed by atoms with Gasteiger partial charge in [0.15, 0.2) is 5.76 Å². The molecule has 3 fully saturated rings. The van der Waals surface area contributed by atoms with Gasteiger partial charge in [-0.2, -0.15) is 0 Å². The van der Waals surface area contributed by atoms with E-state index in [4.69, 9.17) is 9.52 Å². The molecule has 3 aliphatic rings. The van der Waals surface area contributed by atoms with Crippen LogP contribution in [0.3, 0.4) is 0 Å². The first-order chi connectivity index (χ1) is 11.5. The molecule has 3 aliphatic heterocycles. The second kappa shape index (κ2) is 6.94. The van der Waals surface area contributed by atoms with Crippen molar-refractivity contribution < 1.29 is 19.1 Å². The first-order valence-electron chi connectivity index (χ1n) is 8.41. The standard InChI is InChI=1S/C17H25N3O4/c1-18(2)16(22)10-19-7-12-3-4-13(9-19)20(8-12)17(23)15-6-5-14(11-21)24-15/h5-6,12-13,21H,3-4,7-11H2,1-2H3/t12-,13+/m0/s1. The second-order valence-electron chi connectivity index (χ2n) is 6.96. The normalized spacial score (nSPS) is 24.0. The summed E-state index contributed by atoms with van der Waals surface area (Å²) in [6, 6.07) is 3.36. The zero-order chi connectivity index (χ0) is 17.3. The fraction of sp³-hybridized carbons (Fsp3) is 0.647. The Kier molecular flexibility index (Phi) is 4.91. The Bertz CT molecular complexity index is 613. The molecular formula is C17H25N3O4. The number of rotatable bonds is 4. The zero-order valence-corrected chi connectivity index (χ0v) is 14.3. The van der Waals surface area contributed by atoms with Gasteiger partial charge in [0.1, 0.15) is 12.4 Å². The van der Waals surface area contributed by atoms with Gasteiger partial charge >= 0.3 is 0 Å². The molecule has 0 saturated carbocycles. The Labute approximate surface area is 141 Å². The van der Waals surface area contributed by atoms with Crippen LogP contribution in [-0.2, 0) is 11.4 Å². The van der Waals surface area contributed by atoms with Gasteiger partial charge in [0.2, 0.25) is 5.91 Å². The summed E-state index contributed by atoms with van der Waals surface area (Å²) in [4.78, 5) is 30.4. The van der Waals surface area contributed by atoms with E-state index in [1.165, 1.54) is 0 Å². The lowest BCUT2D eigenvalue weighted by Crippen LogP contribution is -2.47. The molecule has 0 radical (unpaired) electrons. The number of carbonyl (C=O) groups is 2. The van der Waals surface area contributed by atoms with E-state index in [0.29, 0.717) is 24.8 Å². The summed E-state index contributed by atoms with van der Waals surface area (Å²) < 4.78 is 5.40. The third-order valence-electron chi connectivity index (χ3n) is 4.94. The molecule has 0 spiro atoms. The van der Waals surface area contributed by atoms with Crippen LogP contribution < -0.4 is 0 Å². The van der Waals surface area contributed by atoms with Crippen molar-refractivity contribution in [1.29, 1.82) is 0 Å². The average Bonchev–Trinajstić information content (AvgIpc) is 2.88. The lowest BCUT2D eigenvalue weighted by molar-refractivity contribution is -0.129. The van der Waals surface area contributed by atoms with Crippen molar-refractivity contribution >= 4 is 11.8 Å². The Hall–Kier alpha value is -1.86. The summed E-state index contributed by atoms with van der Waals surface area (Å²) in [6.45, 7) is 2.46. The third-order valence-corrected chi connectivity index (χ3v) is 4.94. The molecule has 7 heteroatoms. The lowest BCUT2D eigenvalue weighted by atomic mass is 9.95. The molecule has 4 rings (SSSR count). The molecule has 1 N–H and O–H groups in total. The van der Waals surface area contributed by atoms with Gasteiger partial charge in [0.05, 0.1) is 6.54 Å². The average molecular weight is 335 g/mol. The van der Waals surface area contributed by atoms with E-state index in [1.807, 2.05) is 4.90 Å². The molecule has 1 aromatic heterocycles. The maximum atomic E-state index is 12.8. The summed E-state index contributed by atoms with van der Waals surface area (Å²) >= 11 is 0. The predicted molar refractivity (Wildman–Crippen MR) is 87.3 cm³/mol. The fourth-order valence-electron chi connectivity index (χ4n) is 3.61. The molecule has 1 aromatic rings. The molecule has 2 atom stereocenters. The number of carbonyl (C=O) groups excluding carboxylic acids is 2. The highest BCUT2D eigenvalue weighted by Crippen LogP contribution is 2.29. The van der Waals surface area contributed by atoms with Gasteiger partial charge < -0.3 is 19.3 Å². The van der Waals surface area contributed by atoms with E-state index in [0.717, 1.165) is 25.9 Å². The predicted octanol–water partition coefficient (Wildman–Crippen LogP) is 0.397. The second-order valence-corrected chi connectivity index (χ2v) is 6.96. The van der Waals surface area contributed by atoms with Gasteiger partial charge in [-0.05, 0) is 30.9 Å². The van der Waals surface area contributed by atoms with Gasteiger partial charge in [-0.1, -0.05) is 0 Å². The van der Waals surface area contributed by atoms with Gasteiger partial charge in [0.25, 0.3) is 5.91 Å². The first kappa shape index (κ1) is 17.0. The van der Waals surface area contributed by atoms with Crippen LogP contribution in [-0.4, -0.2) is 77.9 Å². The van der Waals surface area contributed by atoms with Crippen LogP contribution in [0.15, 0.2) is 16.5 Å². The van der Waals surface area contributed by atoms with Crippen molar-refractivity contribution in [3.8, 4) is 0 Å². The number of aliphatic hydroxyl groups excluding tert-OH is 1. The Morgan fingerprint density at radius 2 is 2.04 bits per heavy atom. The van der Waals surface area contributed by atoms with Crippen LogP contribution in [0.1, 0.15) is 29.2 Å². The van der Waals surface area contributed by atoms with E-state index in [1.54, 1.807) is 31.1 Å². The topological polar surface area (TPSA) is 77.2 Å². The highest BCUT2D eigenvalue weighted by Gasteiger charge is 2.38. The zero-order valence-electron chi connectivity index (χ0n) is 14.3. The number of hydrogen-bond acceptors (Lipinski definition) is 5. The van der Waals surface area contributed by atoms with Crippen LogP contribution in [0.4, 0.5) is 0 Å². The van der Waals surface area contributed by atoms with Crippen molar-refractivity contribution in [2.45, 2.75) is 25.5 Å². The van der Waals surface area contributed by atoms with E-state index in [2.05, 4.69) is 4.90 Å². The SMILES string of the molecule is CN(C)C(=O)CN1C[C@@H]2CC[C@H](C1)N(C(=O)c1ccc(CO)o1)C2. The number of piperidine rings is 1. The van der Waals surface area contributed by atoms with E-state index >= 15 is 0 Å². The summed E-state index contributed by atoms with van der Waals surface area (Å²) in [5.74, 6) is 1.03. The molecule has 2 bridgehead atoms. The van der Waals surface area contributed by atoms with Crippen molar-refractivity contribution in [1.82, 2.24) is 14.7 Å². The Balaban J connectivity index is 1.71. The maximum Gasteiger partial charge on any atom is 0.289 e. The summed E-state index contributed by atoms with van der Waals surface area (Å²) in [5.41, 5.74) is 0. The highest BCUT2D eigenvalue weighted by atomic mass is 16.4. The van der Waals surface area contributed by atoms with Crippen molar-refractivity contribution in [3.05, 3.63) is 23.7 Å². The lowest BCUT2D eigenvalue weighted by Gasteiger charge is -2.35. The minimum absolute atomic E-state index is 0.0906. The minimum Gasteiger partial charge on any atom is -0.453 e. The van der Waals surface area contributed by atoms with Gasteiger partial charge in [-0.3, -0.25) is 14.5 Å². The number of fused-ring (bicyclic) bond motifs is 4. The Morgan fingerprint density at radius 1 is 1.25 bits per heavy atom. The van der Waals surface area contributed by atoms with E-state index in [9.17, 15) is 9.59 Å². The van der Waals surface area contributed by atoms with Gasteiger partial charge in [-0.25, -0.2) is 0 Å². The van der Waals surface area contributed by atoms with Crippen LogP contribution in [0.25, 0.3) is 0 Å². The molecule has 24 heavy (non-hydrogen) atoms. The number of amides is 2. The largest absolute Gasteiger partial charge is 0.453 e. The summed E-state index contributed by atoms with van der Waals surface area (Å²) in [5, 5.41) is 9.10. The number of likely N-dealkylation sites (N-methyl/N-ethyl adjacent to an activating group) is 1. The van der Waals surface area contributed by atoms with Gasteiger partial charge in [-0.15, -0.1) is 0 Å². The van der Waals surface area contributed by atoms with Crippen LogP contribution in [0, 0.1) is 5.92 Å². The quantitative estimate of drug-likeness (QED) is 0.862. The minimum atomic E-state index is -0.209. The number of nitrogens with zero attached hydrogens (tertiary/aromatic N) is 3. The van der Waals surface area contributed by atoms with E-state index < -0.39 is 0 Å². The third kappa shape index (κ3) is 3.47. The van der Waals surface area contributed by atoms with Crippen molar-refractivity contribution in [2.75, 3.05) is 40.3 Å². The molecule has 0 aromatic carbocycles. The smallest absolute Gasteiger partial charge is 0.289 e. The number of furan rings is 1. The summed E-state index contributed by atoms with van der Waals surface area (Å²) in [7, 11) is 3.53. The number of aliphatic hydroxyl groups is 1. The molecule has 0 unspecified atom stereocenters. The fourth-order valence-corrected chi connectivity index (χ4v) is 3.61. The molecule has 3 saturated heterocycles. The Morgan fingerprint density at radius 3 is 2.71 bits per heavy atom. The van der Waals surface area contributed by atoms with E-state index in [-0.39, 0.29) is 30.2 Å². The van der Waals surface area contributed by atoms with Gasteiger partial charge in [0, 0.05) is 39.8 Å². The van der Waals surface area contributed by atoms with Crippen molar-refractivity contribution in [3.63, 3.8) is 0 Å². The van der Waals surface area contributed by atoms with Crippen LogP contribution in [0.5, 0.6) is 0 Å². The summed E-state index contributed by atoms with van der Waals surface area (Å²) in [6.07, 6.45) is 2.04. The maximum absolute atomic E-state index is 12.8. The van der Waals surface area contributed by atoms with Crippen molar-refractivity contribution in [2.24, 2.45) is 5.92 Å². The first-order valence-corrected chi connectivity index (χ1v) is 8.41. The molecule has 7 nitrogen and oxygen atoms in total. The van der Waals surface area contributed by atoms with Crippen LogP contribution >= 0.6 is 0 Å². The van der Waals surface area contributed by atoms with Crippen LogP contribution in [0.2, 0.25) is 0 Å². The monoisotopic (exact) mass is 335 g/mol.